The predicted octanol–water partition coefficient (Wildman–Crippen LogP) is 0.892. The van der Waals surface area contributed by atoms with Crippen LogP contribution in [0.4, 0.5) is 14.5 Å². The zero-order valence-corrected chi connectivity index (χ0v) is 12.0. The number of nitrogens with one attached hydrogen (secondary N) is 1. The first-order chi connectivity index (χ1) is 10.5. The summed E-state index contributed by atoms with van der Waals surface area (Å²) in [5.74, 6) is -1.14. The van der Waals surface area contributed by atoms with E-state index >= 15 is 0 Å². The van der Waals surface area contributed by atoms with Crippen LogP contribution < -0.4 is 10.2 Å². The van der Waals surface area contributed by atoms with Crippen molar-refractivity contribution in [3.63, 3.8) is 0 Å². The first-order valence-electron chi connectivity index (χ1n) is 7.33. The van der Waals surface area contributed by atoms with Gasteiger partial charge in [-0.1, -0.05) is 0 Å². The van der Waals surface area contributed by atoms with Crippen molar-refractivity contribution in [1.82, 2.24) is 10.2 Å². The maximum atomic E-state index is 13.8. The summed E-state index contributed by atoms with van der Waals surface area (Å²) in [4.78, 5) is 26.9. The number of rotatable bonds is 2. The molecule has 22 heavy (non-hydrogen) atoms. The third kappa shape index (κ3) is 2.88. The fourth-order valence-electron chi connectivity index (χ4n) is 2.92. The minimum absolute atomic E-state index is 0.0924. The Hall–Kier alpha value is -2.18. The Kier molecular flexibility index (Phi) is 3.96. The van der Waals surface area contributed by atoms with Crippen molar-refractivity contribution in [1.29, 1.82) is 0 Å². The molecule has 0 bridgehead atoms. The highest BCUT2D eigenvalue weighted by molar-refractivity contribution is 5.90. The smallest absolute Gasteiger partial charge is 0.245 e. The molecule has 7 heteroatoms. The Balaban J connectivity index is 1.61. The number of carbonyl (C=O) groups excluding carboxylic acids is 2. The van der Waals surface area contributed by atoms with Crippen molar-refractivity contribution in [2.45, 2.75) is 18.9 Å². The molecule has 0 unspecified atom stereocenters. The zero-order valence-electron chi connectivity index (χ0n) is 12.0. The van der Waals surface area contributed by atoms with Crippen LogP contribution >= 0.6 is 0 Å². The molecule has 0 radical (unpaired) electrons. The van der Waals surface area contributed by atoms with Gasteiger partial charge in [0.15, 0.2) is 0 Å². The molecule has 118 valence electrons. The molecule has 0 saturated carbocycles. The van der Waals surface area contributed by atoms with Gasteiger partial charge in [-0.3, -0.25) is 9.59 Å². The molecule has 1 atom stereocenters. The van der Waals surface area contributed by atoms with Crippen molar-refractivity contribution in [3.05, 3.63) is 29.8 Å². The lowest BCUT2D eigenvalue weighted by molar-refractivity contribution is -0.134. The van der Waals surface area contributed by atoms with Crippen molar-refractivity contribution in [3.8, 4) is 0 Å². The summed E-state index contributed by atoms with van der Waals surface area (Å²) in [5.41, 5.74) is 0.223. The Morgan fingerprint density at radius 3 is 2.55 bits per heavy atom. The Labute approximate surface area is 126 Å². The predicted molar refractivity (Wildman–Crippen MR) is 76.3 cm³/mol. The van der Waals surface area contributed by atoms with Gasteiger partial charge in [0.1, 0.15) is 17.7 Å². The maximum absolute atomic E-state index is 13.8. The third-order valence-corrected chi connectivity index (χ3v) is 4.13. The van der Waals surface area contributed by atoms with Gasteiger partial charge in [-0.2, -0.15) is 0 Å². The highest BCUT2D eigenvalue weighted by Crippen LogP contribution is 2.22. The van der Waals surface area contributed by atoms with E-state index in [2.05, 4.69) is 5.32 Å². The number of carbonyl (C=O) groups is 2. The molecular formula is C15H17F2N3O2. The fraction of sp³-hybridized carbons (Fsp3) is 0.467. The highest BCUT2D eigenvalue weighted by Gasteiger charge is 2.32. The Bertz CT molecular complexity index is 600. The monoisotopic (exact) mass is 309 g/mol. The van der Waals surface area contributed by atoms with Crippen molar-refractivity contribution < 1.29 is 18.4 Å². The molecule has 2 fully saturated rings. The zero-order chi connectivity index (χ0) is 15.7. The maximum Gasteiger partial charge on any atom is 0.245 e. The molecular weight excluding hydrogens is 292 g/mol. The van der Waals surface area contributed by atoms with Gasteiger partial charge in [-0.05, 0) is 18.6 Å². The van der Waals surface area contributed by atoms with Crippen molar-refractivity contribution in [2.24, 2.45) is 0 Å². The topological polar surface area (TPSA) is 52.7 Å². The number of hydrogen-bond donors (Lipinski definition) is 1. The van der Waals surface area contributed by atoms with E-state index in [0.717, 1.165) is 12.1 Å². The molecule has 0 aliphatic carbocycles. The first-order valence-corrected chi connectivity index (χ1v) is 7.33. The second kappa shape index (κ2) is 5.90. The Morgan fingerprint density at radius 2 is 1.91 bits per heavy atom. The molecule has 2 amide bonds. The summed E-state index contributed by atoms with van der Waals surface area (Å²) in [6, 6.07) is 2.92. The number of anilines is 1. The van der Waals surface area contributed by atoms with E-state index in [1.165, 1.54) is 6.07 Å². The van der Waals surface area contributed by atoms with E-state index < -0.39 is 17.7 Å². The molecule has 2 aliphatic heterocycles. The molecule has 1 aromatic rings. The lowest BCUT2D eigenvalue weighted by atomic mass is 10.1. The van der Waals surface area contributed by atoms with Crippen LogP contribution in [0.5, 0.6) is 0 Å². The van der Waals surface area contributed by atoms with E-state index in [1.54, 1.807) is 9.80 Å². The summed E-state index contributed by atoms with van der Waals surface area (Å²) in [5, 5.41) is 2.66. The molecule has 2 heterocycles. The SMILES string of the molecule is O=C1CC[C@@H](C(=O)N2CCN(c3cc(F)ccc3F)CC2)N1. The van der Waals surface area contributed by atoms with E-state index in [4.69, 9.17) is 0 Å². The van der Waals surface area contributed by atoms with Gasteiger partial charge in [0.2, 0.25) is 11.8 Å². The largest absolute Gasteiger partial charge is 0.366 e. The highest BCUT2D eigenvalue weighted by atomic mass is 19.1. The van der Waals surface area contributed by atoms with E-state index in [9.17, 15) is 18.4 Å². The van der Waals surface area contributed by atoms with Crippen LogP contribution in [0.25, 0.3) is 0 Å². The van der Waals surface area contributed by atoms with Crippen LogP contribution in [0.2, 0.25) is 0 Å². The van der Waals surface area contributed by atoms with Crippen LogP contribution in [-0.2, 0) is 9.59 Å². The molecule has 3 rings (SSSR count). The number of hydrogen-bond acceptors (Lipinski definition) is 3. The minimum Gasteiger partial charge on any atom is -0.366 e. The minimum atomic E-state index is -0.483. The van der Waals surface area contributed by atoms with Gasteiger partial charge < -0.3 is 15.1 Å². The van der Waals surface area contributed by atoms with Crippen LogP contribution in [0, 0.1) is 11.6 Å². The molecule has 1 N–H and O–H groups in total. The van der Waals surface area contributed by atoms with E-state index in [1.807, 2.05) is 0 Å². The third-order valence-electron chi connectivity index (χ3n) is 4.13. The molecule has 1 aromatic carbocycles. The summed E-state index contributed by atoms with van der Waals surface area (Å²) < 4.78 is 27.0. The van der Waals surface area contributed by atoms with Crippen molar-refractivity contribution in [2.75, 3.05) is 31.1 Å². The molecule has 0 spiro atoms. The number of nitrogens with zero attached hydrogens (tertiary/aromatic N) is 2. The standard InChI is InChI=1S/C15H17F2N3O2/c16-10-1-2-11(17)13(9-10)19-5-7-20(8-6-19)15(22)12-3-4-14(21)18-12/h1-2,9,12H,3-8H2,(H,18,21)/t12-/m0/s1. The average Bonchev–Trinajstić information content (AvgIpc) is 2.96. The van der Waals surface area contributed by atoms with E-state index in [-0.39, 0.29) is 17.5 Å². The van der Waals surface area contributed by atoms with Crippen LogP contribution in [0.1, 0.15) is 12.8 Å². The van der Waals surface area contributed by atoms with Crippen LogP contribution in [-0.4, -0.2) is 48.9 Å². The molecule has 5 nitrogen and oxygen atoms in total. The van der Waals surface area contributed by atoms with Gasteiger partial charge in [0.05, 0.1) is 5.69 Å². The number of halogens is 2. The number of amides is 2. The molecule has 2 saturated heterocycles. The normalized spacial score (nSPS) is 21.9. The van der Waals surface area contributed by atoms with Gasteiger partial charge in [-0.15, -0.1) is 0 Å². The summed E-state index contributed by atoms with van der Waals surface area (Å²) in [6.07, 6.45) is 0.904. The average molecular weight is 309 g/mol. The van der Waals surface area contributed by atoms with Crippen LogP contribution in [0.3, 0.4) is 0 Å². The lowest BCUT2D eigenvalue weighted by Gasteiger charge is -2.37. The fourth-order valence-corrected chi connectivity index (χ4v) is 2.92. The first kappa shape index (κ1) is 14.7. The molecule has 0 aromatic heterocycles. The lowest BCUT2D eigenvalue weighted by Crippen LogP contribution is -2.53. The van der Waals surface area contributed by atoms with E-state index in [0.29, 0.717) is 39.0 Å². The second-order valence-corrected chi connectivity index (χ2v) is 5.57. The number of benzene rings is 1. The van der Waals surface area contributed by atoms with Gasteiger partial charge >= 0.3 is 0 Å². The Morgan fingerprint density at radius 1 is 1.18 bits per heavy atom. The molecule has 2 aliphatic rings. The van der Waals surface area contributed by atoms with Gasteiger partial charge in [0.25, 0.3) is 0 Å². The second-order valence-electron chi connectivity index (χ2n) is 5.57. The van der Waals surface area contributed by atoms with Gasteiger partial charge in [0, 0.05) is 38.7 Å². The summed E-state index contributed by atoms with van der Waals surface area (Å²) in [7, 11) is 0. The van der Waals surface area contributed by atoms with Gasteiger partial charge in [-0.25, -0.2) is 8.78 Å². The van der Waals surface area contributed by atoms with Crippen LogP contribution in [0.15, 0.2) is 18.2 Å². The summed E-state index contributed by atoms with van der Waals surface area (Å²) in [6.45, 7) is 1.74. The number of piperazine rings is 1. The summed E-state index contributed by atoms with van der Waals surface area (Å²) >= 11 is 0. The van der Waals surface area contributed by atoms with Crippen molar-refractivity contribution >= 4 is 17.5 Å². The quantitative estimate of drug-likeness (QED) is 0.883.